The van der Waals surface area contributed by atoms with E-state index in [0.717, 1.165) is 0 Å². The van der Waals surface area contributed by atoms with Gasteiger partial charge in [-0.1, -0.05) is 12.1 Å². The molecule has 4 N–H and O–H groups in total. The molecule has 2 aromatic carbocycles. The van der Waals surface area contributed by atoms with E-state index in [2.05, 4.69) is 10.7 Å². The maximum Gasteiger partial charge on any atom is 0.257 e. The van der Waals surface area contributed by atoms with Crippen molar-refractivity contribution in [3.63, 3.8) is 0 Å². The molecule has 0 aliphatic rings. The quantitative estimate of drug-likeness (QED) is 0.597. The molecule has 0 fully saturated rings. The van der Waals surface area contributed by atoms with Crippen LogP contribution in [-0.4, -0.2) is 5.91 Å². The molecule has 0 spiro atoms. The number of hydrogen-bond acceptors (Lipinski definition) is 3. The highest BCUT2D eigenvalue weighted by Gasteiger charge is 2.15. The highest BCUT2D eigenvalue weighted by atomic mass is 19.1. The fourth-order valence-electron chi connectivity index (χ4n) is 1.78. The first-order valence-electron chi connectivity index (χ1n) is 5.85. The van der Waals surface area contributed by atoms with E-state index in [-0.39, 0.29) is 11.3 Å². The summed E-state index contributed by atoms with van der Waals surface area (Å²) in [6.07, 6.45) is 0. The first kappa shape index (κ1) is 14.0. The maximum absolute atomic E-state index is 13.5. The van der Waals surface area contributed by atoms with E-state index >= 15 is 0 Å². The molecule has 0 saturated heterocycles. The van der Waals surface area contributed by atoms with Crippen LogP contribution in [0.4, 0.5) is 20.2 Å². The van der Waals surface area contributed by atoms with Crippen LogP contribution in [0.5, 0.6) is 0 Å². The second-order valence-electron chi connectivity index (χ2n) is 4.22. The number of benzene rings is 2. The van der Waals surface area contributed by atoms with Crippen molar-refractivity contribution in [1.29, 1.82) is 0 Å². The fraction of sp³-hybridized carbons (Fsp3) is 0.0714. The van der Waals surface area contributed by atoms with E-state index in [4.69, 9.17) is 5.84 Å². The van der Waals surface area contributed by atoms with Crippen LogP contribution in [0.1, 0.15) is 15.9 Å². The Morgan fingerprint density at radius 2 is 1.95 bits per heavy atom. The summed E-state index contributed by atoms with van der Waals surface area (Å²) in [5.41, 5.74) is 3.09. The summed E-state index contributed by atoms with van der Waals surface area (Å²) in [6, 6.07) is 8.02. The van der Waals surface area contributed by atoms with E-state index in [1.54, 1.807) is 13.0 Å². The highest BCUT2D eigenvalue weighted by Crippen LogP contribution is 2.22. The van der Waals surface area contributed by atoms with Gasteiger partial charge in [0.15, 0.2) is 0 Å². The normalized spacial score (nSPS) is 10.2. The number of rotatable bonds is 3. The van der Waals surface area contributed by atoms with Crippen LogP contribution in [0.15, 0.2) is 36.4 Å². The zero-order chi connectivity index (χ0) is 14.7. The predicted molar refractivity (Wildman–Crippen MR) is 73.3 cm³/mol. The number of carbonyl (C=O) groups excluding carboxylic acids is 1. The van der Waals surface area contributed by atoms with Crippen LogP contribution in [-0.2, 0) is 0 Å². The second-order valence-corrected chi connectivity index (χ2v) is 4.22. The summed E-state index contributed by atoms with van der Waals surface area (Å²) in [5.74, 6) is 3.52. The summed E-state index contributed by atoms with van der Waals surface area (Å²) in [5, 5.41) is 2.53. The van der Waals surface area contributed by atoms with Gasteiger partial charge in [0.1, 0.15) is 11.6 Å². The summed E-state index contributed by atoms with van der Waals surface area (Å²) in [4.78, 5) is 12.1. The molecule has 0 heterocycles. The molecule has 2 aromatic rings. The van der Waals surface area contributed by atoms with Crippen LogP contribution in [0.2, 0.25) is 0 Å². The molecule has 0 aliphatic carbocycles. The summed E-state index contributed by atoms with van der Waals surface area (Å²) < 4.78 is 26.7. The minimum Gasteiger partial charge on any atom is -0.322 e. The Bertz CT molecular complexity index is 659. The minimum atomic E-state index is -0.642. The Morgan fingerprint density at radius 1 is 1.20 bits per heavy atom. The Hall–Kier alpha value is -2.47. The molecular weight excluding hydrogens is 264 g/mol. The second kappa shape index (κ2) is 5.66. The Labute approximate surface area is 114 Å². The number of nitrogen functional groups attached to an aromatic ring is 1. The van der Waals surface area contributed by atoms with E-state index < -0.39 is 17.5 Å². The first-order chi connectivity index (χ1) is 9.52. The molecule has 1 amide bonds. The van der Waals surface area contributed by atoms with Gasteiger partial charge in [-0.3, -0.25) is 10.6 Å². The van der Waals surface area contributed by atoms with Crippen LogP contribution in [0, 0.1) is 18.6 Å². The van der Waals surface area contributed by atoms with Crippen molar-refractivity contribution in [3.05, 3.63) is 59.2 Å². The number of nitrogens with two attached hydrogens (primary N) is 1. The molecule has 20 heavy (non-hydrogen) atoms. The Morgan fingerprint density at radius 3 is 2.65 bits per heavy atom. The lowest BCUT2D eigenvalue weighted by Crippen LogP contribution is -2.18. The molecule has 0 radical (unpaired) electrons. The number of amides is 1. The van der Waals surface area contributed by atoms with Crippen molar-refractivity contribution >= 4 is 17.3 Å². The van der Waals surface area contributed by atoms with E-state index in [9.17, 15) is 13.6 Å². The molecule has 0 atom stereocenters. The smallest absolute Gasteiger partial charge is 0.257 e. The van der Waals surface area contributed by atoms with Crippen molar-refractivity contribution < 1.29 is 13.6 Å². The van der Waals surface area contributed by atoms with Crippen LogP contribution in [0.3, 0.4) is 0 Å². The van der Waals surface area contributed by atoms with Gasteiger partial charge in [0.2, 0.25) is 0 Å². The van der Waals surface area contributed by atoms with Gasteiger partial charge in [-0.05, 0) is 36.8 Å². The number of halogens is 2. The van der Waals surface area contributed by atoms with Gasteiger partial charge in [-0.2, -0.15) is 0 Å². The number of para-hydroxylation sites is 1. The number of hydrazine groups is 1. The molecular formula is C14H13F2N3O. The summed E-state index contributed by atoms with van der Waals surface area (Å²) >= 11 is 0. The zero-order valence-corrected chi connectivity index (χ0v) is 10.7. The Balaban J connectivity index is 2.33. The van der Waals surface area contributed by atoms with Gasteiger partial charge in [-0.25, -0.2) is 8.78 Å². The van der Waals surface area contributed by atoms with Crippen molar-refractivity contribution in [2.45, 2.75) is 6.92 Å². The SMILES string of the molecule is Cc1ccc(F)cc1NC(=O)c1cccc(F)c1NN. The topological polar surface area (TPSA) is 67.2 Å². The number of carbonyl (C=O) groups is 1. The summed E-state index contributed by atoms with van der Waals surface area (Å²) in [7, 11) is 0. The lowest BCUT2D eigenvalue weighted by atomic mass is 10.1. The van der Waals surface area contributed by atoms with Gasteiger partial charge in [0.05, 0.1) is 11.3 Å². The molecule has 0 aromatic heterocycles. The first-order valence-corrected chi connectivity index (χ1v) is 5.85. The predicted octanol–water partition coefficient (Wildman–Crippen LogP) is 2.81. The fourth-order valence-corrected chi connectivity index (χ4v) is 1.78. The third-order valence-electron chi connectivity index (χ3n) is 2.85. The van der Waals surface area contributed by atoms with Gasteiger partial charge < -0.3 is 10.7 Å². The standard InChI is InChI=1S/C14H13F2N3O/c1-8-5-6-9(15)7-12(8)18-14(20)10-3-2-4-11(16)13(10)19-17/h2-7,19H,17H2,1H3,(H,18,20). The zero-order valence-electron chi connectivity index (χ0n) is 10.7. The number of nitrogens with one attached hydrogen (secondary N) is 2. The van der Waals surface area contributed by atoms with Gasteiger partial charge in [-0.15, -0.1) is 0 Å². The lowest BCUT2D eigenvalue weighted by molar-refractivity contribution is 0.102. The average Bonchev–Trinajstić information content (AvgIpc) is 2.42. The van der Waals surface area contributed by atoms with Crippen molar-refractivity contribution in [1.82, 2.24) is 0 Å². The molecule has 104 valence electrons. The molecule has 2 rings (SSSR count). The third kappa shape index (κ3) is 2.75. The van der Waals surface area contributed by atoms with E-state index in [0.29, 0.717) is 11.3 Å². The Kier molecular flexibility index (Phi) is 3.95. The van der Waals surface area contributed by atoms with Gasteiger partial charge in [0, 0.05) is 5.69 Å². The third-order valence-corrected chi connectivity index (χ3v) is 2.85. The van der Waals surface area contributed by atoms with Crippen molar-refractivity contribution in [2.24, 2.45) is 5.84 Å². The molecule has 0 saturated carbocycles. The molecule has 4 nitrogen and oxygen atoms in total. The summed E-state index contributed by atoms with van der Waals surface area (Å²) in [6.45, 7) is 1.72. The maximum atomic E-state index is 13.5. The molecule has 6 heteroatoms. The number of hydrogen-bond donors (Lipinski definition) is 3. The largest absolute Gasteiger partial charge is 0.322 e. The van der Waals surface area contributed by atoms with Crippen LogP contribution in [0.25, 0.3) is 0 Å². The van der Waals surface area contributed by atoms with Crippen LogP contribution >= 0.6 is 0 Å². The number of aryl methyl sites for hydroxylation is 1. The average molecular weight is 277 g/mol. The molecule has 0 aliphatic heterocycles. The monoisotopic (exact) mass is 277 g/mol. The van der Waals surface area contributed by atoms with Gasteiger partial charge in [0.25, 0.3) is 5.91 Å². The minimum absolute atomic E-state index is 0.0381. The highest BCUT2D eigenvalue weighted by molar-refractivity contribution is 6.08. The lowest BCUT2D eigenvalue weighted by Gasteiger charge is -2.12. The van der Waals surface area contributed by atoms with E-state index in [1.165, 1.54) is 30.3 Å². The van der Waals surface area contributed by atoms with Gasteiger partial charge >= 0.3 is 0 Å². The van der Waals surface area contributed by atoms with Crippen molar-refractivity contribution in [3.8, 4) is 0 Å². The number of anilines is 2. The van der Waals surface area contributed by atoms with Crippen molar-refractivity contribution in [2.75, 3.05) is 10.7 Å². The van der Waals surface area contributed by atoms with Crippen LogP contribution < -0.4 is 16.6 Å². The van der Waals surface area contributed by atoms with E-state index in [1.807, 2.05) is 0 Å². The molecule has 0 bridgehead atoms. The molecule has 0 unspecified atom stereocenters.